The molecule has 0 radical (unpaired) electrons. The molecule has 3 unspecified atom stereocenters. The fraction of sp³-hybridized carbons (Fsp3) is 0.636. The average Bonchev–Trinajstić information content (AvgIpc) is 2.77. The molecular formula is C22H20F3I2O8S-. The third-order valence-electron chi connectivity index (χ3n) is 7.80. The van der Waals surface area contributed by atoms with Crippen LogP contribution in [0.1, 0.15) is 48.9 Å². The van der Waals surface area contributed by atoms with Gasteiger partial charge in [-0.1, -0.05) is 0 Å². The Hall–Kier alpha value is -0.880. The van der Waals surface area contributed by atoms with Gasteiger partial charge in [-0.2, -0.15) is 8.78 Å². The van der Waals surface area contributed by atoms with E-state index in [0.717, 1.165) is 7.14 Å². The Bertz CT molecular complexity index is 1220. The van der Waals surface area contributed by atoms with E-state index in [1.54, 1.807) is 6.07 Å². The molecular weight excluding hydrogens is 735 g/mol. The van der Waals surface area contributed by atoms with Crippen molar-refractivity contribution >= 4 is 67.2 Å². The smallest absolute Gasteiger partial charge is 0.364 e. The van der Waals surface area contributed by atoms with E-state index in [9.17, 15) is 35.7 Å². The van der Waals surface area contributed by atoms with Crippen LogP contribution in [0, 0.1) is 30.3 Å². The highest BCUT2D eigenvalue weighted by Gasteiger charge is 2.69. The number of benzene rings is 1. The zero-order valence-corrected chi connectivity index (χ0v) is 23.6. The number of esters is 2. The van der Waals surface area contributed by atoms with Gasteiger partial charge in [0.15, 0.2) is 22.0 Å². The molecule has 6 rings (SSSR count). The second kappa shape index (κ2) is 8.83. The lowest BCUT2D eigenvalue weighted by molar-refractivity contribution is -0.294. The van der Waals surface area contributed by atoms with Crippen molar-refractivity contribution in [3.63, 3.8) is 0 Å². The van der Waals surface area contributed by atoms with Crippen molar-refractivity contribution in [2.24, 2.45) is 23.2 Å². The van der Waals surface area contributed by atoms with Crippen LogP contribution in [0.15, 0.2) is 12.1 Å². The Balaban J connectivity index is 1.32. The number of ether oxygens (including phenoxy) is 3. The summed E-state index contributed by atoms with van der Waals surface area (Å²) in [6.07, 6.45) is -2.01. The van der Waals surface area contributed by atoms with Gasteiger partial charge in [-0.15, -0.1) is 0 Å². The topological polar surface area (TPSA) is 119 Å². The molecule has 1 aliphatic heterocycles. The molecule has 1 aromatic carbocycles. The van der Waals surface area contributed by atoms with Gasteiger partial charge in [-0.25, -0.2) is 17.6 Å². The van der Waals surface area contributed by atoms with Crippen LogP contribution in [-0.2, 0) is 24.4 Å². The number of hydrogen-bond donors (Lipinski definition) is 0. The van der Waals surface area contributed by atoms with Crippen molar-refractivity contribution in [2.45, 2.75) is 55.7 Å². The first-order chi connectivity index (χ1) is 16.7. The summed E-state index contributed by atoms with van der Waals surface area (Å²) in [6, 6.07) is 3.59. The van der Waals surface area contributed by atoms with Gasteiger partial charge >= 0.3 is 17.2 Å². The summed E-state index contributed by atoms with van der Waals surface area (Å²) in [7, 11) is -6.19. The minimum atomic E-state index is -6.19. The van der Waals surface area contributed by atoms with E-state index in [1.807, 2.05) is 6.07 Å². The molecule has 4 saturated carbocycles. The predicted molar refractivity (Wildman–Crippen MR) is 132 cm³/mol. The van der Waals surface area contributed by atoms with Crippen molar-refractivity contribution in [1.82, 2.24) is 0 Å². The molecule has 198 valence electrons. The van der Waals surface area contributed by atoms with E-state index >= 15 is 0 Å². The molecule has 4 aliphatic carbocycles. The molecule has 0 saturated heterocycles. The summed E-state index contributed by atoms with van der Waals surface area (Å²) in [4.78, 5) is 26.1. The summed E-state index contributed by atoms with van der Waals surface area (Å²) in [5.41, 5.74) is -0.617. The predicted octanol–water partition coefficient (Wildman–Crippen LogP) is 4.38. The first-order valence-corrected chi connectivity index (χ1v) is 14.8. The number of carbonyl (C=O) groups excluding carboxylic acids is 2. The van der Waals surface area contributed by atoms with Gasteiger partial charge in [0, 0.05) is 21.8 Å². The third-order valence-corrected chi connectivity index (χ3v) is 10.2. The maximum atomic E-state index is 13.8. The van der Waals surface area contributed by atoms with E-state index in [4.69, 9.17) is 14.2 Å². The standard InChI is InChI=1S/C22H21F3I2O8S/c23-16(22(24,25)36(30,31)32)1-2-33-19(29)20-7-10-3-11(8-20)21(12(4-10)9-20)34-17-14(18(28)35-21)5-13(26)6-15(17)27/h5-6,10-12,16H,1-4,7-9H2,(H,30,31,32)/p-1. The SMILES string of the molecule is O=C1OC2(Oc3c(I)cc(I)cc31)C1CC3CC2CC(C(=O)OCCC(F)C(F)(F)S(=O)(=O)[O-])(C3)C1. The number of rotatable bonds is 6. The lowest BCUT2D eigenvalue weighted by Crippen LogP contribution is -2.67. The van der Waals surface area contributed by atoms with Crippen molar-refractivity contribution in [2.75, 3.05) is 6.61 Å². The molecule has 36 heavy (non-hydrogen) atoms. The Morgan fingerprint density at radius 3 is 2.44 bits per heavy atom. The Morgan fingerprint density at radius 1 is 1.19 bits per heavy atom. The van der Waals surface area contributed by atoms with Crippen molar-refractivity contribution < 1.29 is 49.9 Å². The molecule has 1 spiro atoms. The van der Waals surface area contributed by atoms with Crippen LogP contribution in [0.5, 0.6) is 5.75 Å². The highest BCUT2D eigenvalue weighted by atomic mass is 127. The molecule has 5 aliphatic rings. The monoisotopic (exact) mass is 755 g/mol. The third kappa shape index (κ3) is 4.12. The van der Waals surface area contributed by atoms with Crippen LogP contribution in [0.2, 0.25) is 0 Å². The van der Waals surface area contributed by atoms with Crippen LogP contribution in [0.25, 0.3) is 0 Å². The second-order valence-electron chi connectivity index (χ2n) is 10.0. The van der Waals surface area contributed by atoms with Gasteiger partial charge in [-0.05, 0) is 95.3 Å². The maximum absolute atomic E-state index is 13.8. The van der Waals surface area contributed by atoms with Crippen molar-refractivity contribution in [3.8, 4) is 5.75 Å². The normalized spacial score (nSPS) is 33.6. The van der Waals surface area contributed by atoms with Gasteiger partial charge in [0.1, 0.15) is 5.56 Å². The molecule has 8 nitrogen and oxygen atoms in total. The Morgan fingerprint density at radius 2 is 1.83 bits per heavy atom. The average molecular weight is 755 g/mol. The summed E-state index contributed by atoms with van der Waals surface area (Å²) in [5.74, 6) is -2.39. The van der Waals surface area contributed by atoms with Gasteiger partial charge in [0.05, 0.1) is 15.6 Å². The Kier molecular flexibility index (Phi) is 6.55. The fourth-order valence-electron chi connectivity index (χ4n) is 6.44. The van der Waals surface area contributed by atoms with Crippen molar-refractivity contribution in [1.29, 1.82) is 0 Å². The molecule has 0 amide bonds. The molecule has 4 fully saturated rings. The van der Waals surface area contributed by atoms with E-state index in [-0.39, 0.29) is 30.6 Å². The lowest BCUT2D eigenvalue weighted by atomic mass is 9.47. The minimum absolute atomic E-state index is 0.143. The van der Waals surface area contributed by atoms with E-state index < -0.39 is 57.7 Å². The second-order valence-corrected chi connectivity index (χ2v) is 13.9. The van der Waals surface area contributed by atoms with Crippen LogP contribution in [0.4, 0.5) is 13.2 Å². The molecule has 14 heteroatoms. The fourth-order valence-corrected chi connectivity index (χ4v) is 8.82. The van der Waals surface area contributed by atoms with Crippen LogP contribution < -0.4 is 4.74 Å². The highest BCUT2D eigenvalue weighted by molar-refractivity contribution is 14.1. The summed E-state index contributed by atoms with van der Waals surface area (Å²) < 4.78 is 91.5. The van der Waals surface area contributed by atoms with Gasteiger partial charge in [0.25, 0.3) is 5.79 Å². The number of fused-ring (bicyclic) bond motifs is 1. The van der Waals surface area contributed by atoms with E-state index in [2.05, 4.69) is 45.2 Å². The summed E-state index contributed by atoms with van der Waals surface area (Å²) >= 11 is 4.21. The van der Waals surface area contributed by atoms with Crippen LogP contribution in [-0.4, -0.2) is 48.7 Å². The molecule has 0 aromatic heterocycles. The first kappa shape index (κ1) is 26.7. The van der Waals surface area contributed by atoms with Gasteiger partial charge in [0.2, 0.25) is 0 Å². The molecule has 4 bridgehead atoms. The van der Waals surface area contributed by atoms with E-state index in [0.29, 0.717) is 30.6 Å². The maximum Gasteiger partial charge on any atom is 0.364 e. The van der Waals surface area contributed by atoms with Crippen LogP contribution in [0.3, 0.4) is 0 Å². The molecule has 0 N–H and O–H groups in total. The zero-order valence-electron chi connectivity index (χ0n) is 18.5. The Labute approximate surface area is 232 Å². The zero-order chi connectivity index (χ0) is 26.3. The van der Waals surface area contributed by atoms with E-state index in [1.165, 1.54) is 0 Å². The molecule has 3 atom stereocenters. The minimum Gasteiger partial charge on any atom is -0.743 e. The summed E-state index contributed by atoms with van der Waals surface area (Å²) in [6.45, 7) is -0.798. The molecule has 1 heterocycles. The quantitative estimate of drug-likeness (QED) is 0.239. The number of halogens is 5. The van der Waals surface area contributed by atoms with Crippen molar-refractivity contribution in [3.05, 3.63) is 24.8 Å². The highest BCUT2D eigenvalue weighted by Crippen LogP contribution is 2.66. The lowest BCUT2D eigenvalue weighted by Gasteiger charge is -2.62. The number of carbonyl (C=O) groups is 2. The first-order valence-electron chi connectivity index (χ1n) is 11.2. The number of alkyl halides is 3. The van der Waals surface area contributed by atoms with Crippen LogP contribution >= 0.6 is 45.2 Å². The number of hydrogen-bond acceptors (Lipinski definition) is 8. The van der Waals surface area contributed by atoms with Gasteiger partial charge < -0.3 is 18.8 Å². The van der Waals surface area contributed by atoms with Gasteiger partial charge in [-0.3, -0.25) is 4.79 Å². The largest absolute Gasteiger partial charge is 0.743 e. The summed E-state index contributed by atoms with van der Waals surface area (Å²) in [5, 5.41) is -5.11. The molecule has 1 aromatic rings.